The highest BCUT2D eigenvalue weighted by Crippen LogP contribution is 2.29. The van der Waals surface area contributed by atoms with E-state index in [1.54, 1.807) is 13.2 Å². The number of hydrogen-bond acceptors (Lipinski definition) is 4. The predicted octanol–water partition coefficient (Wildman–Crippen LogP) is 5.18. The molecule has 0 radical (unpaired) electrons. The zero-order valence-corrected chi connectivity index (χ0v) is 18.3. The number of carbonyl (C=O) groups excluding carboxylic acids is 1. The second-order valence-corrected chi connectivity index (χ2v) is 8.58. The van der Waals surface area contributed by atoms with Crippen molar-refractivity contribution in [3.8, 4) is 5.75 Å². The number of benzene rings is 2. The molecule has 0 bridgehead atoms. The largest absolute Gasteiger partial charge is 0.497 e. The lowest BCUT2D eigenvalue weighted by Crippen LogP contribution is -2.48. The first-order chi connectivity index (χ1) is 14.6. The Morgan fingerprint density at radius 1 is 1.03 bits per heavy atom. The van der Waals surface area contributed by atoms with Crippen molar-refractivity contribution in [1.29, 1.82) is 0 Å². The van der Waals surface area contributed by atoms with Crippen LogP contribution in [0.25, 0.3) is 0 Å². The number of nitrogens with zero attached hydrogens (tertiary/aromatic N) is 2. The molecule has 2 aromatic carbocycles. The Bertz CT molecular complexity index is 875. The summed E-state index contributed by atoms with van der Waals surface area (Å²) in [5.74, 6) is 0.845. The number of anilines is 2. The van der Waals surface area contributed by atoms with E-state index in [4.69, 9.17) is 16.3 Å². The molecule has 2 aliphatic rings. The van der Waals surface area contributed by atoms with Crippen LogP contribution in [0, 0.1) is 0 Å². The summed E-state index contributed by atoms with van der Waals surface area (Å²) in [7, 11) is 1.64. The minimum Gasteiger partial charge on any atom is -0.497 e. The Morgan fingerprint density at radius 2 is 1.80 bits per heavy atom. The van der Waals surface area contributed by atoms with Crippen molar-refractivity contribution < 1.29 is 9.53 Å². The van der Waals surface area contributed by atoms with E-state index in [1.807, 2.05) is 41.3 Å². The van der Waals surface area contributed by atoms with Gasteiger partial charge in [0.05, 0.1) is 17.8 Å². The van der Waals surface area contributed by atoms with Crippen LogP contribution in [0.1, 0.15) is 42.5 Å². The molecular weight excluding hydrogens is 398 g/mol. The highest BCUT2D eigenvalue weighted by atomic mass is 35.5. The van der Waals surface area contributed by atoms with E-state index in [1.165, 1.54) is 32.4 Å². The maximum atomic E-state index is 13.0. The van der Waals surface area contributed by atoms with Crippen LogP contribution in [-0.2, 0) is 0 Å². The molecule has 6 heteroatoms. The Morgan fingerprint density at radius 3 is 2.50 bits per heavy atom. The zero-order valence-electron chi connectivity index (χ0n) is 17.6. The Hall–Kier alpha value is -2.24. The predicted molar refractivity (Wildman–Crippen MR) is 122 cm³/mol. The van der Waals surface area contributed by atoms with Gasteiger partial charge in [0.25, 0.3) is 5.91 Å². The third-order valence-corrected chi connectivity index (χ3v) is 6.54. The van der Waals surface area contributed by atoms with E-state index in [0.29, 0.717) is 16.6 Å². The first-order valence-electron chi connectivity index (χ1n) is 10.9. The lowest BCUT2D eigenvalue weighted by atomic mass is 9.99. The van der Waals surface area contributed by atoms with Gasteiger partial charge >= 0.3 is 0 Å². The molecule has 2 heterocycles. The average molecular weight is 428 g/mol. The van der Waals surface area contributed by atoms with Gasteiger partial charge in [-0.15, -0.1) is 0 Å². The molecule has 0 atom stereocenters. The molecular formula is C24H30ClN3O2. The quantitative estimate of drug-likeness (QED) is 0.713. The zero-order chi connectivity index (χ0) is 20.9. The van der Waals surface area contributed by atoms with Gasteiger partial charge in [-0.2, -0.15) is 0 Å². The van der Waals surface area contributed by atoms with Gasteiger partial charge in [-0.25, -0.2) is 0 Å². The van der Waals surface area contributed by atoms with Gasteiger partial charge in [0, 0.05) is 36.4 Å². The van der Waals surface area contributed by atoms with Crippen molar-refractivity contribution in [3.63, 3.8) is 0 Å². The van der Waals surface area contributed by atoms with Crippen LogP contribution in [0.3, 0.4) is 0 Å². The molecule has 2 saturated heterocycles. The number of amides is 1. The third kappa shape index (κ3) is 4.90. The molecule has 4 rings (SSSR count). The molecule has 30 heavy (non-hydrogen) atoms. The van der Waals surface area contributed by atoms with Gasteiger partial charge < -0.3 is 19.9 Å². The van der Waals surface area contributed by atoms with E-state index in [-0.39, 0.29) is 5.91 Å². The first-order valence-corrected chi connectivity index (χ1v) is 11.3. The molecule has 5 nitrogen and oxygen atoms in total. The molecule has 1 amide bonds. The van der Waals surface area contributed by atoms with Gasteiger partial charge in [0.15, 0.2) is 0 Å². The lowest BCUT2D eigenvalue weighted by molar-refractivity contribution is 0.0590. The van der Waals surface area contributed by atoms with Crippen molar-refractivity contribution >= 4 is 28.9 Å². The summed E-state index contributed by atoms with van der Waals surface area (Å²) < 4.78 is 5.26. The molecule has 160 valence electrons. The summed E-state index contributed by atoms with van der Waals surface area (Å²) in [5.41, 5.74) is 2.30. The summed E-state index contributed by atoms with van der Waals surface area (Å²) in [6.07, 6.45) is 6.11. The van der Waals surface area contributed by atoms with Gasteiger partial charge in [-0.1, -0.05) is 24.1 Å². The van der Waals surface area contributed by atoms with Crippen LogP contribution in [-0.4, -0.2) is 55.0 Å². The highest BCUT2D eigenvalue weighted by Gasteiger charge is 2.28. The van der Waals surface area contributed by atoms with E-state index in [2.05, 4.69) is 10.2 Å². The fourth-order valence-corrected chi connectivity index (χ4v) is 4.73. The summed E-state index contributed by atoms with van der Waals surface area (Å²) in [4.78, 5) is 17.6. The van der Waals surface area contributed by atoms with Crippen LogP contribution >= 0.6 is 11.6 Å². The normalized spacial score (nSPS) is 18.3. The highest BCUT2D eigenvalue weighted by molar-refractivity contribution is 6.33. The summed E-state index contributed by atoms with van der Waals surface area (Å²) in [5, 5.41) is 3.83. The average Bonchev–Trinajstić information content (AvgIpc) is 2.81. The summed E-state index contributed by atoms with van der Waals surface area (Å²) >= 11 is 6.49. The summed E-state index contributed by atoms with van der Waals surface area (Å²) in [6.45, 7) is 4.08. The van der Waals surface area contributed by atoms with Crippen LogP contribution < -0.4 is 10.1 Å². The van der Waals surface area contributed by atoms with Gasteiger partial charge in [0.1, 0.15) is 5.75 Å². The minimum atomic E-state index is 0.0712. The molecule has 1 N–H and O–H groups in total. The maximum Gasteiger partial charge on any atom is 0.253 e. The molecule has 2 aliphatic heterocycles. The number of halogens is 1. The van der Waals surface area contributed by atoms with E-state index >= 15 is 0 Å². The van der Waals surface area contributed by atoms with E-state index in [0.717, 1.165) is 43.1 Å². The lowest BCUT2D eigenvalue weighted by Gasteiger charge is -2.40. The molecule has 0 saturated carbocycles. The molecule has 2 fully saturated rings. The molecule has 0 unspecified atom stereocenters. The number of ether oxygens (including phenoxy) is 1. The van der Waals surface area contributed by atoms with E-state index in [9.17, 15) is 4.79 Å². The standard InChI is InChI=1S/C24H30ClN3O2/c1-30-21-7-5-6-19(17-21)26-23-9-8-18(16-22(23)25)24(29)28-14-10-20(11-15-28)27-12-3-2-4-13-27/h5-9,16-17,20,26H,2-4,10-15H2,1H3. The van der Waals surface area contributed by atoms with Gasteiger partial charge in [-0.05, 0) is 69.1 Å². The van der Waals surface area contributed by atoms with Crippen molar-refractivity contribution in [3.05, 3.63) is 53.1 Å². The Labute approximate surface area is 184 Å². The summed E-state index contributed by atoms with van der Waals surface area (Å²) in [6, 6.07) is 13.8. The second kappa shape index (κ2) is 9.71. The van der Waals surface area contributed by atoms with Crippen LogP contribution in [0.2, 0.25) is 5.02 Å². The number of rotatable bonds is 5. The maximum absolute atomic E-state index is 13.0. The molecule has 0 aliphatic carbocycles. The smallest absolute Gasteiger partial charge is 0.253 e. The fraction of sp³-hybridized carbons (Fsp3) is 0.458. The van der Waals surface area contributed by atoms with Gasteiger partial charge in [0.2, 0.25) is 0 Å². The van der Waals surface area contributed by atoms with Crippen LogP contribution in [0.15, 0.2) is 42.5 Å². The van der Waals surface area contributed by atoms with Crippen LogP contribution in [0.5, 0.6) is 5.75 Å². The molecule has 2 aromatic rings. The SMILES string of the molecule is COc1cccc(Nc2ccc(C(=O)N3CCC(N4CCCCC4)CC3)cc2Cl)c1. The number of carbonyl (C=O) groups is 1. The number of likely N-dealkylation sites (tertiary alicyclic amines) is 2. The number of methoxy groups -OCH3 is 1. The van der Waals surface area contributed by atoms with Crippen LogP contribution in [0.4, 0.5) is 11.4 Å². The topological polar surface area (TPSA) is 44.8 Å². The van der Waals surface area contributed by atoms with Crippen molar-refractivity contribution in [1.82, 2.24) is 9.80 Å². The van der Waals surface area contributed by atoms with Crippen molar-refractivity contribution in [2.24, 2.45) is 0 Å². The third-order valence-electron chi connectivity index (χ3n) is 6.22. The fourth-order valence-electron chi connectivity index (χ4n) is 4.51. The Balaban J connectivity index is 1.37. The van der Waals surface area contributed by atoms with E-state index < -0.39 is 0 Å². The number of hydrogen-bond donors (Lipinski definition) is 1. The first kappa shape index (κ1) is 21.0. The molecule has 0 spiro atoms. The van der Waals surface area contributed by atoms with Crippen molar-refractivity contribution in [2.45, 2.75) is 38.1 Å². The van der Waals surface area contributed by atoms with Gasteiger partial charge in [-0.3, -0.25) is 4.79 Å². The second-order valence-electron chi connectivity index (χ2n) is 8.17. The number of nitrogens with one attached hydrogen (secondary N) is 1. The number of piperidine rings is 2. The monoisotopic (exact) mass is 427 g/mol. The van der Waals surface area contributed by atoms with Crippen molar-refractivity contribution in [2.75, 3.05) is 38.6 Å². The molecule has 0 aromatic heterocycles. The Kier molecular flexibility index (Phi) is 6.80. The minimum absolute atomic E-state index is 0.0712.